The Hall–Kier alpha value is -1.32. The second-order valence-corrected chi connectivity index (χ2v) is 8.20. The highest BCUT2D eigenvalue weighted by Gasteiger charge is 2.26. The van der Waals surface area contributed by atoms with E-state index in [0.717, 1.165) is 40.7 Å². The number of aromatic nitrogens is 3. The Morgan fingerprint density at radius 2 is 2.04 bits per heavy atom. The van der Waals surface area contributed by atoms with Crippen molar-refractivity contribution in [3.05, 3.63) is 24.4 Å². The lowest BCUT2D eigenvalue weighted by Crippen LogP contribution is -2.50. The maximum absolute atomic E-state index is 12.3. The fourth-order valence-electron chi connectivity index (χ4n) is 2.33. The summed E-state index contributed by atoms with van der Waals surface area (Å²) in [7, 11) is 0. The van der Waals surface area contributed by atoms with E-state index < -0.39 is 0 Å². The summed E-state index contributed by atoms with van der Waals surface area (Å²) in [5, 5.41) is 8.13. The van der Waals surface area contributed by atoms with Gasteiger partial charge in [-0.15, -0.1) is 10.2 Å². The van der Waals surface area contributed by atoms with Gasteiger partial charge in [-0.05, 0) is 12.3 Å². The normalized spacial score (nSPS) is 15.0. The molecule has 1 aliphatic rings. The SMILES string of the molecule is CSc1nnc(SCC(=O)N2CCN(c3cccc[nH+]3)CC2)s1. The van der Waals surface area contributed by atoms with Gasteiger partial charge in [-0.3, -0.25) is 9.69 Å². The summed E-state index contributed by atoms with van der Waals surface area (Å²) in [6.07, 6.45) is 3.90. The third-order valence-electron chi connectivity index (χ3n) is 3.55. The average molecular weight is 369 g/mol. The van der Waals surface area contributed by atoms with Crippen LogP contribution in [0.3, 0.4) is 0 Å². The van der Waals surface area contributed by atoms with Crippen LogP contribution in [0.1, 0.15) is 0 Å². The zero-order valence-corrected chi connectivity index (χ0v) is 15.2. The fraction of sp³-hybridized carbons (Fsp3) is 0.429. The standard InChI is InChI=1S/C14H17N5OS3/c1-21-13-16-17-14(23-13)22-10-12(20)19-8-6-18(7-9-19)11-4-2-3-5-15-11/h2-5H,6-10H2,1H3/p+1. The van der Waals surface area contributed by atoms with Gasteiger partial charge in [0.2, 0.25) is 5.91 Å². The van der Waals surface area contributed by atoms with Crippen molar-refractivity contribution in [1.29, 1.82) is 0 Å². The van der Waals surface area contributed by atoms with E-state index in [1.165, 1.54) is 23.1 Å². The Bertz CT molecular complexity index is 643. The summed E-state index contributed by atoms with van der Waals surface area (Å²) < 4.78 is 1.80. The summed E-state index contributed by atoms with van der Waals surface area (Å²) in [6, 6.07) is 6.05. The molecule has 1 aliphatic heterocycles. The molecule has 2 aromatic heterocycles. The topological polar surface area (TPSA) is 63.5 Å². The number of pyridine rings is 1. The minimum atomic E-state index is 0.174. The Kier molecular flexibility index (Phi) is 5.74. The van der Waals surface area contributed by atoms with Crippen LogP contribution in [0.4, 0.5) is 5.82 Å². The number of nitrogens with zero attached hydrogens (tertiary/aromatic N) is 4. The van der Waals surface area contributed by atoms with Crippen molar-refractivity contribution in [3.8, 4) is 0 Å². The first-order valence-corrected chi connectivity index (χ1v) is 10.3. The molecule has 1 fully saturated rings. The van der Waals surface area contributed by atoms with Crippen LogP contribution in [0, 0.1) is 0 Å². The minimum absolute atomic E-state index is 0.174. The molecule has 0 bridgehead atoms. The Balaban J connectivity index is 1.46. The molecule has 6 nitrogen and oxygen atoms in total. The summed E-state index contributed by atoms with van der Waals surface area (Å²) in [5.41, 5.74) is 0. The lowest BCUT2D eigenvalue weighted by molar-refractivity contribution is -0.364. The van der Waals surface area contributed by atoms with Crippen molar-refractivity contribution in [1.82, 2.24) is 15.1 Å². The first kappa shape index (κ1) is 16.5. The van der Waals surface area contributed by atoms with Crippen LogP contribution in [0.25, 0.3) is 0 Å². The molecule has 1 saturated heterocycles. The van der Waals surface area contributed by atoms with E-state index in [1.54, 1.807) is 11.8 Å². The van der Waals surface area contributed by atoms with E-state index in [0.29, 0.717) is 5.75 Å². The zero-order chi connectivity index (χ0) is 16.1. The number of hydrogen-bond donors (Lipinski definition) is 0. The largest absolute Gasteiger partial charge is 0.334 e. The van der Waals surface area contributed by atoms with Gasteiger partial charge in [0.05, 0.1) is 25.0 Å². The molecule has 9 heteroatoms. The van der Waals surface area contributed by atoms with Crippen LogP contribution in [-0.2, 0) is 4.79 Å². The molecule has 0 saturated carbocycles. The van der Waals surface area contributed by atoms with E-state index in [4.69, 9.17) is 0 Å². The van der Waals surface area contributed by atoms with Crippen LogP contribution >= 0.6 is 34.9 Å². The molecule has 3 rings (SSSR count). The van der Waals surface area contributed by atoms with Crippen molar-refractivity contribution in [2.45, 2.75) is 8.68 Å². The Morgan fingerprint density at radius 1 is 1.26 bits per heavy atom. The highest BCUT2D eigenvalue weighted by atomic mass is 32.2. The number of rotatable bonds is 5. The van der Waals surface area contributed by atoms with Gasteiger partial charge in [-0.1, -0.05) is 40.9 Å². The van der Waals surface area contributed by atoms with Gasteiger partial charge < -0.3 is 4.90 Å². The van der Waals surface area contributed by atoms with E-state index in [1.807, 2.05) is 29.5 Å². The molecule has 0 aromatic carbocycles. The molecule has 122 valence electrons. The van der Waals surface area contributed by atoms with Crippen molar-refractivity contribution < 1.29 is 9.78 Å². The first-order chi connectivity index (χ1) is 11.3. The Morgan fingerprint density at radius 3 is 2.70 bits per heavy atom. The molecule has 1 N–H and O–H groups in total. The van der Waals surface area contributed by atoms with Gasteiger partial charge in [0.25, 0.3) is 5.82 Å². The molecule has 23 heavy (non-hydrogen) atoms. The number of hydrogen-bond acceptors (Lipinski definition) is 7. The average Bonchev–Trinajstić information content (AvgIpc) is 3.09. The number of carbonyl (C=O) groups excluding carboxylic acids is 1. The number of piperazine rings is 1. The predicted octanol–water partition coefficient (Wildman–Crippen LogP) is 1.52. The number of amides is 1. The number of anilines is 1. The first-order valence-electron chi connectivity index (χ1n) is 7.26. The molecular formula is C14H18N5OS3+. The molecule has 2 aromatic rings. The lowest BCUT2D eigenvalue weighted by atomic mass is 10.3. The molecule has 0 radical (unpaired) electrons. The van der Waals surface area contributed by atoms with Crippen LogP contribution in [0.15, 0.2) is 33.1 Å². The monoisotopic (exact) mass is 368 g/mol. The van der Waals surface area contributed by atoms with Crippen molar-refractivity contribution in [2.24, 2.45) is 0 Å². The number of aromatic amines is 1. The minimum Gasteiger partial charge on any atom is -0.334 e. The van der Waals surface area contributed by atoms with Gasteiger partial charge in [0.15, 0.2) is 8.68 Å². The van der Waals surface area contributed by atoms with Crippen molar-refractivity contribution >= 4 is 46.6 Å². The van der Waals surface area contributed by atoms with E-state index >= 15 is 0 Å². The van der Waals surface area contributed by atoms with Crippen molar-refractivity contribution in [3.63, 3.8) is 0 Å². The smallest absolute Gasteiger partial charge is 0.274 e. The van der Waals surface area contributed by atoms with Gasteiger partial charge >= 0.3 is 0 Å². The highest BCUT2D eigenvalue weighted by Crippen LogP contribution is 2.27. The summed E-state index contributed by atoms with van der Waals surface area (Å²) >= 11 is 4.59. The number of H-pyrrole nitrogens is 1. The zero-order valence-electron chi connectivity index (χ0n) is 12.8. The summed E-state index contributed by atoms with van der Waals surface area (Å²) in [6.45, 7) is 3.22. The number of thioether (sulfide) groups is 2. The van der Waals surface area contributed by atoms with Gasteiger partial charge in [-0.2, -0.15) is 0 Å². The van der Waals surface area contributed by atoms with Gasteiger partial charge in [0.1, 0.15) is 13.1 Å². The summed E-state index contributed by atoms with van der Waals surface area (Å²) in [5.74, 6) is 1.71. The van der Waals surface area contributed by atoms with Crippen LogP contribution < -0.4 is 9.88 Å². The second-order valence-electron chi connectivity index (χ2n) is 4.94. The maximum atomic E-state index is 12.3. The number of nitrogens with one attached hydrogen (secondary N) is 1. The van der Waals surface area contributed by atoms with Crippen LogP contribution in [0.2, 0.25) is 0 Å². The maximum Gasteiger partial charge on any atom is 0.274 e. The predicted molar refractivity (Wildman–Crippen MR) is 94.2 cm³/mol. The van der Waals surface area contributed by atoms with E-state index in [2.05, 4.69) is 26.1 Å². The van der Waals surface area contributed by atoms with Crippen LogP contribution in [-0.4, -0.2) is 59.2 Å². The lowest BCUT2D eigenvalue weighted by Gasteiger charge is -2.30. The molecule has 1 amide bonds. The number of carbonyl (C=O) groups is 1. The van der Waals surface area contributed by atoms with E-state index in [-0.39, 0.29) is 5.91 Å². The van der Waals surface area contributed by atoms with Gasteiger partial charge in [0, 0.05) is 6.07 Å². The quantitative estimate of drug-likeness (QED) is 0.746. The Labute approximate surface area is 147 Å². The third kappa shape index (κ3) is 4.36. The van der Waals surface area contributed by atoms with E-state index in [9.17, 15) is 4.79 Å². The molecular weight excluding hydrogens is 350 g/mol. The second kappa shape index (κ2) is 7.98. The van der Waals surface area contributed by atoms with Crippen LogP contribution in [0.5, 0.6) is 0 Å². The molecule has 0 aliphatic carbocycles. The van der Waals surface area contributed by atoms with Crippen molar-refractivity contribution in [2.75, 3.05) is 43.1 Å². The van der Waals surface area contributed by atoms with Gasteiger partial charge in [-0.25, -0.2) is 4.98 Å². The summed E-state index contributed by atoms with van der Waals surface area (Å²) in [4.78, 5) is 19.8. The highest BCUT2D eigenvalue weighted by molar-refractivity contribution is 8.03. The molecule has 0 unspecified atom stereocenters. The third-order valence-corrected chi connectivity index (χ3v) is 6.56. The molecule has 0 atom stereocenters. The molecule has 0 spiro atoms. The fourth-order valence-corrected chi connectivity index (χ4v) is 4.67. The molecule has 3 heterocycles.